The number of ketones is 1. The molecule has 11 heavy (non-hydrogen) atoms. The molecule has 1 aliphatic heterocycles. The molecule has 0 aromatic rings. The number of hydrogen-bond acceptors (Lipinski definition) is 2. The summed E-state index contributed by atoms with van der Waals surface area (Å²) < 4.78 is 0. The summed E-state index contributed by atoms with van der Waals surface area (Å²) in [5.74, 6) is 0.169. The first kappa shape index (κ1) is 8.47. The minimum Gasteiger partial charge on any atom is -0.299 e. The highest BCUT2D eigenvalue weighted by atomic mass is 16.1. The molecule has 62 valence electrons. The molecule has 1 fully saturated rings. The van der Waals surface area contributed by atoms with Crippen LogP contribution in [0.3, 0.4) is 0 Å². The predicted molar refractivity (Wildman–Crippen MR) is 45.5 cm³/mol. The summed E-state index contributed by atoms with van der Waals surface area (Å²) in [5, 5.41) is 0. The van der Waals surface area contributed by atoms with Crippen molar-refractivity contribution >= 4 is 5.78 Å². The monoisotopic (exact) mass is 153 g/mol. The van der Waals surface area contributed by atoms with E-state index < -0.39 is 0 Å². The quantitative estimate of drug-likeness (QED) is 0.528. The number of carbonyl (C=O) groups excluding carboxylic acids is 1. The minimum atomic E-state index is 0.169. The summed E-state index contributed by atoms with van der Waals surface area (Å²) in [5.41, 5.74) is 1.27. The van der Waals surface area contributed by atoms with E-state index in [1.165, 1.54) is 5.57 Å². The Morgan fingerprint density at radius 3 is 2.73 bits per heavy atom. The summed E-state index contributed by atoms with van der Waals surface area (Å²) in [6.07, 6.45) is 2.82. The van der Waals surface area contributed by atoms with Gasteiger partial charge in [-0.2, -0.15) is 0 Å². The van der Waals surface area contributed by atoms with E-state index in [9.17, 15) is 4.79 Å². The highest BCUT2D eigenvalue weighted by Crippen LogP contribution is 2.19. The van der Waals surface area contributed by atoms with Crippen molar-refractivity contribution in [2.45, 2.75) is 26.3 Å². The lowest BCUT2D eigenvalue weighted by molar-refractivity contribution is -0.112. The van der Waals surface area contributed by atoms with Crippen LogP contribution in [0.15, 0.2) is 11.6 Å². The van der Waals surface area contributed by atoms with Gasteiger partial charge in [-0.15, -0.1) is 0 Å². The molecule has 0 aromatic heterocycles. The highest BCUT2D eigenvalue weighted by Gasteiger charge is 2.20. The molecular formula is C9H15NO. The molecule has 0 saturated carbocycles. The Morgan fingerprint density at radius 2 is 2.36 bits per heavy atom. The minimum absolute atomic E-state index is 0.169. The van der Waals surface area contributed by atoms with Gasteiger partial charge in [-0.25, -0.2) is 0 Å². The van der Waals surface area contributed by atoms with Gasteiger partial charge < -0.3 is 0 Å². The van der Waals surface area contributed by atoms with Crippen LogP contribution in [-0.4, -0.2) is 30.3 Å². The molecule has 1 saturated heterocycles. The van der Waals surface area contributed by atoms with Gasteiger partial charge in [0.05, 0.1) is 0 Å². The van der Waals surface area contributed by atoms with E-state index in [0.717, 1.165) is 13.0 Å². The Bertz CT molecular complexity index is 184. The van der Waals surface area contributed by atoms with Gasteiger partial charge in [0.15, 0.2) is 5.78 Å². The number of likely N-dealkylation sites (tertiary alicyclic amines) is 1. The maximum atomic E-state index is 10.7. The van der Waals surface area contributed by atoms with Crippen LogP contribution in [0.25, 0.3) is 0 Å². The van der Waals surface area contributed by atoms with E-state index in [1.807, 2.05) is 0 Å². The first-order valence-corrected chi connectivity index (χ1v) is 4.00. The number of nitrogens with zero attached hydrogens (tertiary/aromatic N) is 1. The lowest BCUT2D eigenvalue weighted by Crippen LogP contribution is -2.20. The molecular weight excluding hydrogens is 138 g/mol. The molecule has 0 N–H and O–H groups in total. The summed E-state index contributed by atoms with van der Waals surface area (Å²) in [4.78, 5) is 13.0. The van der Waals surface area contributed by atoms with Gasteiger partial charge in [0.2, 0.25) is 0 Å². The van der Waals surface area contributed by atoms with E-state index >= 15 is 0 Å². The second-order valence-electron chi connectivity index (χ2n) is 3.38. The van der Waals surface area contributed by atoms with Crippen LogP contribution in [-0.2, 0) is 4.79 Å². The first-order valence-electron chi connectivity index (χ1n) is 4.00. The lowest BCUT2D eigenvalue weighted by atomic mass is 10.1. The van der Waals surface area contributed by atoms with Crippen LogP contribution in [0, 0.1) is 0 Å². The van der Waals surface area contributed by atoms with Crippen LogP contribution in [0.4, 0.5) is 0 Å². The van der Waals surface area contributed by atoms with E-state index in [0.29, 0.717) is 6.04 Å². The van der Waals surface area contributed by atoms with Crippen LogP contribution in [0.2, 0.25) is 0 Å². The van der Waals surface area contributed by atoms with E-state index in [1.54, 1.807) is 13.0 Å². The largest absolute Gasteiger partial charge is 0.299 e. The van der Waals surface area contributed by atoms with Gasteiger partial charge in [-0.1, -0.05) is 5.57 Å². The van der Waals surface area contributed by atoms with Gasteiger partial charge in [0.25, 0.3) is 0 Å². The van der Waals surface area contributed by atoms with Gasteiger partial charge >= 0.3 is 0 Å². The van der Waals surface area contributed by atoms with Gasteiger partial charge in [0.1, 0.15) is 0 Å². The van der Waals surface area contributed by atoms with Crippen LogP contribution < -0.4 is 0 Å². The summed E-state index contributed by atoms with van der Waals surface area (Å²) in [6, 6.07) is 0.598. The molecule has 2 heteroatoms. The van der Waals surface area contributed by atoms with E-state index in [2.05, 4.69) is 18.9 Å². The number of hydrogen-bond donors (Lipinski definition) is 0. The highest BCUT2D eigenvalue weighted by molar-refractivity contribution is 5.88. The maximum Gasteiger partial charge on any atom is 0.152 e. The number of carbonyl (C=O) groups is 1. The van der Waals surface area contributed by atoms with Crippen LogP contribution >= 0.6 is 0 Å². The molecule has 0 spiro atoms. The second kappa shape index (κ2) is 3.18. The smallest absolute Gasteiger partial charge is 0.152 e. The Labute approximate surface area is 67.9 Å². The van der Waals surface area contributed by atoms with E-state index in [-0.39, 0.29) is 5.78 Å². The van der Waals surface area contributed by atoms with Crippen molar-refractivity contribution in [3.63, 3.8) is 0 Å². The first-order chi connectivity index (χ1) is 5.09. The molecule has 1 atom stereocenters. The average molecular weight is 153 g/mol. The Hall–Kier alpha value is -0.630. The standard InChI is InChI=1S/C9H15NO/c1-7-4-9(5-8(2)11)6-10(7)3/h5,7H,4,6H2,1-3H3/b9-5-. The molecule has 0 bridgehead atoms. The number of allylic oxidation sites excluding steroid dienone is 1. The third kappa shape index (κ3) is 2.15. The van der Waals surface area contributed by atoms with Crippen molar-refractivity contribution in [1.82, 2.24) is 4.90 Å². The zero-order chi connectivity index (χ0) is 8.43. The van der Waals surface area contributed by atoms with Crippen molar-refractivity contribution < 1.29 is 4.79 Å². The zero-order valence-corrected chi connectivity index (χ0v) is 7.42. The van der Waals surface area contributed by atoms with Gasteiger partial charge in [0, 0.05) is 12.6 Å². The van der Waals surface area contributed by atoms with Crippen molar-refractivity contribution in [2.24, 2.45) is 0 Å². The summed E-state index contributed by atoms with van der Waals surface area (Å²) in [6.45, 7) is 4.75. The molecule has 0 radical (unpaired) electrons. The molecule has 2 nitrogen and oxygen atoms in total. The molecule has 1 unspecified atom stereocenters. The SMILES string of the molecule is CC(=O)/C=C1/CC(C)N(C)C1. The molecule has 1 aliphatic rings. The average Bonchev–Trinajstić information content (AvgIpc) is 2.10. The lowest BCUT2D eigenvalue weighted by Gasteiger charge is -2.11. The fourth-order valence-corrected chi connectivity index (χ4v) is 1.47. The number of rotatable bonds is 1. The maximum absolute atomic E-state index is 10.7. The van der Waals surface area contributed by atoms with E-state index in [4.69, 9.17) is 0 Å². The molecule has 0 aromatic carbocycles. The third-order valence-corrected chi connectivity index (χ3v) is 2.17. The Kier molecular flexibility index (Phi) is 2.45. The number of likely N-dealkylation sites (N-methyl/N-ethyl adjacent to an activating group) is 1. The van der Waals surface area contributed by atoms with Gasteiger partial charge in [-0.3, -0.25) is 9.69 Å². The topological polar surface area (TPSA) is 20.3 Å². The Balaban J connectivity index is 2.60. The van der Waals surface area contributed by atoms with Crippen LogP contribution in [0.1, 0.15) is 20.3 Å². The van der Waals surface area contributed by atoms with Gasteiger partial charge in [-0.05, 0) is 33.4 Å². The third-order valence-electron chi connectivity index (χ3n) is 2.17. The molecule has 0 aliphatic carbocycles. The molecule has 1 heterocycles. The predicted octanol–water partition coefficient (Wildman–Crippen LogP) is 1.23. The zero-order valence-electron chi connectivity index (χ0n) is 7.42. The second-order valence-corrected chi connectivity index (χ2v) is 3.38. The fraction of sp³-hybridized carbons (Fsp3) is 0.667. The molecule has 1 rings (SSSR count). The van der Waals surface area contributed by atoms with Crippen molar-refractivity contribution in [3.05, 3.63) is 11.6 Å². The van der Waals surface area contributed by atoms with Crippen LogP contribution in [0.5, 0.6) is 0 Å². The van der Waals surface area contributed by atoms with Crippen molar-refractivity contribution in [1.29, 1.82) is 0 Å². The van der Waals surface area contributed by atoms with Crippen molar-refractivity contribution in [2.75, 3.05) is 13.6 Å². The summed E-state index contributed by atoms with van der Waals surface area (Å²) in [7, 11) is 2.09. The Morgan fingerprint density at radius 1 is 1.73 bits per heavy atom. The fourth-order valence-electron chi connectivity index (χ4n) is 1.47. The summed E-state index contributed by atoms with van der Waals surface area (Å²) >= 11 is 0. The van der Waals surface area contributed by atoms with Crippen molar-refractivity contribution in [3.8, 4) is 0 Å². The normalized spacial score (nSPS) is 29.7. The molecule has 0 amide bonds.